The first kappa shape index (κ1) is 17.7. The van der Waals surface area contributed by atoms with Crippen LogP contribution in [-0.4, -0.2) is 24.5 Å². The number of benzene rings is 1. The van der Waals surface area contributed by atoms with Gasteiger partial charge in [-0.05, 0) is 43.7 Å². The monoisotopic (exact) mass is 330 g/mol. The fourth-order valence-electron chi connectivity index (χ4n) is 1.94. The van der Waals surface area contributed by atoms with Crippen molar-refractivity contribution in [2.75, 3.05) is 6.54 Å². The SMILES string of the molecule is CC(C)OCc1ccc(C(=O)NCC(=O)NCc2ccco2)cc1. The Morgan fingerprint density at radius 2 is 1.88 bits per heavy atom. The molecule has 1 aromatic heterocycles. The van der Waals surface area contributed by atoms with Gasteiger partial charge in [0.05, 0.1) is 32.1 Å². The Hall–Kier alpha value is -2.60. The van der Waals surface area contributed by atoms with Gasteiger partial charge in [-0.3, -0.25) is 9.59 Å². The van der Waals surface area contributed by atoms with Crippen LogP contribution in [0.15, 0.2) is 47.1 Å². The number of furan rings is 1. The maximum absolute atomic E-state index is 12.0. The zero-order chi connectivity index (χ0) is 17.4. The molecule has 2 rings (SSSR count). The zero-order valence-corrected chi connectivity index (χ0v) is 13.9. The van der Waals surface area contributed by atoms with Crippen molar-refractivity contribution in [1.82, 2.24) is 10.6 Å². The molecule has 0 bridgehead atoms. The molecule has 0 saturated carbocycles. The molecule has 2 N–H and O–H groups in total. The second-order valence-corrected chi connectivity index (χ2v) is 5.60. The number of amides is 2. The first-order valence-corrected chi connectivity index (χ1v) is 7.82. The smallest absolute Gasteiger partial charge is 0.251 e. The lowest BCUT2D eigenvalue weighted by molar-refractivity contribution is -0.120. The summed E-state index contributed by atoms with van der Waals surface area (Å²) in [7, 11) is 0. The number of carbonyl (C=O) groups excluding carboxylic acids is 2. The first-order chi connectivity index (χ1) is 11.5. The van der Waals surface area contributed by atoms with E-state index < -0.39 is 0 Å². The Labute approximate surface area is 141 Å². The minimum Gasteiger partial charge on any atom is -0.467 e. The highest BCUT2D eigenvalue weighted by molar-refractivity contribution is 5.96. The molecule has 1 aromatic carbocycles. The minimum atomic E-state index is -0.292. The quantitative estimate of drug-likeness (QED) is 0.778. The minimum absolute atomic E-state index is 0.0856. The molecule has 0 spiro atoms. The largest absolute Gasteiger partial charge is 0.467 e. The van der Waals surface area contributed by atoms with Gasteiger partial charge >= 0.3 is 0 Å². The predicted octanol–water partition coefficient (Wildman–Crippen LogP) is 2.25. The highest BCUT2D eigenvalue weighted by Gasteiger charge is 2.08. The summed E-state index contributed by atoms with van der Waals surface area (Å²) in [5.74, 6) is 0.0926. The van der Waals surface area contributed by atoms with E-state index in [1.807, 2.05) is 26.0 Å². The standard InChI is InChI=1S/C18H22N2O4/c1-13(2)24-12-14-5-7-15(8-6-14)18(22)20-11-17(21)19-10-16-4-3-9-23-16/h3-9,13H,10-12H2,1-2H3,(H,19,21)(H,20,22). The van der Waals surface area contributed by atoms with Gasteiger partial charge in [-0.15, -0.1) is 0 Å². The van der Waals surface area contributed by atoms with Crippen molar-refractivity contribution in [3.05, 3.63) is 59.5 Å². The summed E-state index contributed by atoms with van der Waals surface area (Å²) in [5.41, 5.74) is 1.50. The van der Waals surface area contributed by atoms with Crippen LogP contribution in [0.25, 0.3) is 0 Å². The number of hydrogen-bond acceptors (Lipinski definition) is 4. The summed E-state index contributed by atoms with van der Waals surface area (Å²) in [6.07, 6.45) is 1.70. The lowest BCUT2D eigenvalue weighted by atomic mass is 10.1. The first-order valence-electron chi connectivity index (χ1n) is 7.82. The lowest BCUT2D eigenvalue weighted by Crippen LogP contribution is -2.36. The molecule has 0 aliphatic heterocycles. The fourth-order valence-corrected chi connectivity index (χ4v) is 1.94. The topological polar surface area (TPSA) is 80.6 Å². The van der Waals surface area contributed by atoms with E-state index in [0.717, 1.165) is 5.56 Å². The summed E-state index contributed by atoms with van der Waals surface area (Å²) < 4.78 is 10.6. The molecule has 0 unspecified atom stereocenters. The highest BCUT2D eigenvalue weighted by atomic mass is 16.5. The second kappa shape index (κ2) is 8.88. The fraction of sp³-hybridized carbons (Fsp3) is 0.333. The summed E-state index contributed by atoms with van der Waals surface area (Å²) in [4.78, 5) is 23.7. The predicted molar refractivity (Wildman–Crippen MR) is 89.3 cm³/mol. The molecule has 24 heavy (non-hydrogen) atoms. The van der Waals surface area contributed by atoms with E-state index >= 15 is 0 Å². The van der Waals surface area contributed by atoms with E-state index in [2.05, 4.69) is 10.6 Å². The van der Waals surface area contributed by atoms with E-state index in [9.17, 15) is 9.59 Å². The Kier molecular flexibility index (Phi) is 6.57. The van der Waals surface area contributed by atoms with E-state index in [-0.39, 0.29) is 24.5 Å². The van der Waals surface area contributed by atoms with Gasteiger partial charge in [0.2, 0.25) is 5.91 Å². The van der Waals surface area contributed by atoms with Gasteiger partial charge < -0.3 is 19.8 Å². The molecule has 0 fully saturated rings. The molecule has 6 nitrogen and oxygen atoms in total. The van der Waals surface area contributed by atoms with E-state index in [4.69, 9.17) is 9.15 Å². The molecule has 0 atom stereocenters. The summed E-state index contributed by atoms with van der Waals surface area (Å²) in [6, 6.07) is 10.6. The van der Waals surface area contributed by atoms with Crippen LogP contribution in [0.3, 0.4) is 0 Å². The maximum atomic E-state index is 12.0. The zero-order valence-electron chi connectivity index (χ0n) is 13.9. The van der Waals surface area contributed by atoms with Crippen molar-refractivity contribution in [2.24, 2.45) is 0 Å². The van der Waals surface area contributed by atoms with Gasteiger partial charge in [0, 0.05) is 5.56 Å². The number of ether oxygens (including phenoxy) is 1. The van der Waals surface area contributed by atoms with Crippen LogP contribution in [0.5, 0.6) is 0 Å². The molecule has 0 saturated heterocycles. The van der Waals surface area contributed by atoms with Gasteiger partial charge in [0.1, 0.15) is 5.76 Å². The van der Waals surface area contributed by atoms with Crippen molar-refractivity contribution >= 4 is 11.8 Å². The van der Waals surface area contributed by atoms with Gasteiger partial charge in [-0.25, -0.2) is 0 Å². The summed E-state index contributed by atoms with van der Waals surface area (Å²) >= 11 is 0. The van der Waals surface area contributed by atoms with E-state index in [1.165, 1.54) is 0 Å². The third kappa shape index (κ3) is 5.89. The normalized spacial score (nSPS) is 10.6. The van der Waals surface area contributed by atoms with Crippen LogP contribution in [0.4, 0.5) is 0 Å². The lowest BCUT2D eigenvalue weighted by Gasteiger charge is -2.09. The van der Waals surface area contributed by atoms with Crippen LogP contribution in [0.1, 0.15) is 35.5 Å². The number of carbonyl (C=O) groups is 2. The molecular formula is C18H22N2O4. The van der Waals surface area contributed by atoms with E-state index in [1.54, 1.807) is 30.5 Å². The Balaban J connectivity index is 1.74. The number of rotatable bonds is 8. The highest BCUT2D eigenvalue weighted by Crippen LogP contribution is 2.07. The molecule has 0 aliphatic carbocycles. The van der Waals surface area contributed by atoms with Crippen LogP contribution in [0.2, 0.25) is 0 Å². The molecular weight excluding hydrogens is 308 g/mol. The average molecular weight is 330 g/mol. The maximum Gasteiger partial charge on any atom is 0.251 e. The van der Waals surface area contributed by atoms with Crippen molar-refractivity contribution in [3.63, 3.8) is 0 Å². The Morgan fingerprint density at radius 1 is 1.12 bits per heavy atom. The molecule has 0 aliphatic rings. The Bertz CT molecular complexity index is 648. The average Bonchev–Trinajstić information content (AvgIpc) is 3.10. The van der Waals surface area contributed by atoms with Crippen molar-refractivity contribution in [3.8, 4) is 0 Å². The van der Waals surface area contributed by atoms with E-state index in [0.29, 0.717) is 24.5 Å². The van der Waals surface area contributed by atoms with Crippen LogP contribution in [-0.2, 0) is 22.7 Å². The molecule has 6 heteroatoms. The molecule has 1 heterocycles. The second-order valence-electron chi connectivity index (χ2n) is 5.60. The molecule has 2 amide bonds. The number of nitrogens with one attached hydrogen (secondary N) is 2. The third-order valence-corrected chi connectivity index (χ3v) is 3.25. The molecule has 2 aromatic rings. The molecule has 0 radical (unpaired) electrons. The van der Waals surface area contributed by atoms with Gasteiger partial charge in [-0.2, -0.15) is 0 Å². The van der Waals surface area contributed by atoms with Crippen molar-refractivity contribution < 1.29 is 18.7 Å². The number of hydrogen-bond donors (Lipinski definition) is 2. The molecule has 128 valence electrons. The van der Waals surface area contributed by atoms with Crippen molar-refractivity contribution in [1.29, 1.82) is 0 Å². The summed E-state index contributed by atoms with van der Waals surface area (Å²) in [5, 5.41) is 5.25. The summed E-state index contributed by atoms with van der Waals surface area (Å²) in [6.45, 7) is 4.66. The van der Waals surface area contributed by atoms with Gasteiger partial charge in [-0.1, -0.05) is 12.1 Å². The van der Waals surface area contributed by atoms with Gasteiger partial charge in [0.15, 0.2) is 0 Å². The van der Waals surface area contributed by atoms with Crippen LogP contribution >= 0.6 is 0 Å². The van der Waals surface area contributed by atoms with Crippen LogP contribution in [0, 0.1) is 0 Å². The van der Waals surface area contributed by atoms with Crippen LogP contribution < -0.4 is 10.6 Å². The third-order valence-electron chi connectivity index (χ3n) is 3.25. The Morgan fingerprint density at radius 3 is 2.50 bits per heavy atom. The van der Waals surface area contributed by atoms with Crippen molar-refractivity contribution in [2.45, 2.75) is 33.1 Å². The van der Waals surface area contributed by atoms with Gasteiger partial charge in [0.25, 0.3) is 5.91 Å².